The Labute approximate surface area is 167 Å². The molecule has 1 saturated heterocycles. The zero-order valence-electron chi connectivity index (χ0n) is 16.7. The second-order valence-corrected chi connectivity index (χ2v) is 8.14. The lowest BCUT2D eigenvalue weighted by Crippen LogP contribution is -2.36. The van der Waals surface area contributed by atoms with Gasteiger partial charge in [0, 0.05) is 13.1 Å². The second-order valence-electron chi connectivity index (χ2n) is 8.14. The largest absolute Gasteiger partial charge is 0.441 e. The van der Waals surface area contributed by atoms with Crippen molar-refractivity contribution in [2.75, 3.05) is 13.1 Å². The lowest BCUT2D eigenvalue weighted by Gasteiger charge is -2.30. The van der Waals surface area contributed by atoms with Crippen molar-refractivity contribution in [3.63, 3.8) is 0 Å². The van der Waals surface area contributed by atoms with Crippen LogP contribution in [0.4, 0.5) is 4.79 Å². The molecule has 1 aliphatic carbocycles. The Kier molecular flexibility index (Phi) is 5.67. The fourth-order valence-corrected chi connectivity index (χ4v) is 4.38. The molecular formula is C24H30N2O2. The molecule has 0 radical (unpaired) electrons. The summed E-state index contributed by atoms with van der Waals surface area (Å²) in [5.41, 5.74) is 4.65. The fraction of sp³-hybridized carbons (Fsp3) is 0.458. The van der Waals surface area contributed by atoms with Crippen LogP contribution >= 0.6 is 0 Å². The quantitative estimate of drug-likeness (QED) is 0.759. The third-order valence-electron chi connectivity index (χ3n) is 6.00. The van der Waals surface area contributed by atoms with Crippen LogP contribution in [-0.2, 0) is 17.8 Å². The molecule has 1 saturated carbocycles. The van der Waals surface area contributed by atoms with Gasteiger partial charge in [0.1, 0.15) is 5.60 Å². The van der Waals surface area contributed by atoms with Gasteiger partial charge in [-0.2, -0.15) is 0 Å². The molecule has 0 aromatic heterocycles. The topological polar surface area (TPSA) is 41.6 Å². The van der Waals surface area contributed by atoms with Crippen molar-refractivity contribution in [2.24, 2.45) is 0 Å². The van der Waals surface area contributed by atoms with Gasteiger partial charge in [0.15, 0.2) is 0 Å². The third kappa shape index (κ3) is 4.22. The summed E-state index contributed by atoms with van der Waals surface area (Å²) in [5, 5.41) is 3.35. The number of carbonyl (C=O) groups excluding carboxylic acids is 1. The van der Waals surface area contributed by atoms with E-state index in [0.717, 1.165) is 38.0 Å². The van der Waals surface area contributed by atoms with Gasteiger partial charge in [-0.1, -0.05) is 61.9 Å². The molecule has 4 nitrogen and oxygen atoms in total. The first-order chi connectivity index (χ1) is 13.7. The molecular weight excluding hydrogens is 348 g/mol. The zero-order valence-corrected chi connectivity index (χ0v) is 16.7. The highest BCUT2D eigenvalue weighted by molar-refractivity contribution is 5.71. The molecule has 2 fully saturated rings. The SMILES string of the molecule is CCNCc1ccc(-c2ccc(CN3CC4(CCCCC4)OC3=O)cc2)cc1. The maximum absolute atomic E-state index is 12.3. The summed E-state index contributed by atoms with van der Waals surface area (Å²) < 4.78 is 5.79. The Morgan fingerprint density at radius 2 is 1.54 bits per heavy atom. The van der Waals surface area contributed by atoms with E-state index >= 15 is 0 Å². The van der Waals surface area contributed by atoms with Crippen LogP contribution in [0.25, 0.3) is 11.1 Å². The molecule has 0 atom stereocenters. The first-order valence-electron chi connectivity index (χ1n) is 10.5. The Morgan fingerprint density at radius 3 is 2.14 bits per heavy atom. The van der Waals surface area contributed by atoms with Crippen LogP contribution < -0.4 is 5.32 Å². The number of nitrogens with zero attached hydrogens (tertiary/aromatic N) is 1. The molecule has 1 aliphatic heterocycles. The van der Waals surface area contributed by atoms with Gasteiger partial charge < -0.3 is 10.1 Å². The van der Waals surface area contributed by atoms with Gasteiger partial charge in [-0.15, -0.1) is 0 Å². The number of nitrogens with one attached hydrogen (secondary N) is 1. The molecule has 1 heterocycles. The normalized spacial score (nSPS) is 18.5. The molecule has 1 amide bonds. The van der Waals surface area contributed by atoms with E-state index in [1.165, 1.54) is 36.0 Å². The van der Waals surface area contributed by atoms with Crippen LogP contribution in [0.5, 0.6) is 0 Å². The average Bonchev–Trinajstić information content (AvgIpc) is 3.02. The lowest BCUT2D eigenvalue weighted by molar-refractivity contribution is 0.0260. The zero-order chi connectivity index (χ0) is 19.4. The van der Waals surface area contributed by atoms with Crippen LogP contribution in [0.2, 0.25) is 0 Å². The Hall–Kier alpha value is -2.33. The third-order valence-corrected chi connectivity index (χ3v) is 6.00. The summed E-state index contributed by atoms with van der Waals surface area (Å²) in [6.07, 6.45) is 5.47. The van der Waals surface area contributed by atoms with Gasteiger partial charge in [0.05, 0.1) is 6.54 Å². The molecule has 0 unspecified atom stereocenters. The fourth-order valence-electron chi connectivity index (χ4n) is 4.38. The maximum atomic E-state index is 12.3. The highest BCUT2D eigenvalue weighted by Crippen LogP contribution is 2.37. The van der Waals surface area contributed by atoms with E-state index in [2.05, 4.69) is 60.8 Å². The highest BCUT2D eigenvalue weighted by Gasteiger charge is 2.45. The Morgan fingerprint density at radius 1 is 0.929 bits per heavy atom. The first-order valence-corrected chi connectivity index (χ1v) is 10.5. The number of ether oxygens (including phenoxy) is 1. The number of amides is 1. The smallest absolute Gasteiger partial charge is 0.410 e. The second kappa shape index (κ2) is 8.36. The molecule has 148 valence electrons. The number of benzene rings is 2. The minimum Gasteiger partial charge on any atom is -0.441 e. The van der Waals surface area contributed by atoms with Crippen molar-refractivity contribution >= 4 is 6.09 Å². The number of hydrogen-bond donors (Lipinski definition) is 1. The maximum Gasteiger partial charge on any atom is 0.410 e. The summed E-state index contributed by atoms with van der Waals surface area (Å²) in [6.45, 7) is 5.37. The van der Waals surface area contributed by atoms with Crippen LogP contribution in [0, 0.1) is 0 Å². The van der Waals surface area contributed by atoms with Crippen molar-refractivity contribution in [3.05, 3.63) is 59.7 Å². The summed E-state index contributed by atoms with van der Waals surface area (Å²) in [7, 11) is 0. The molecule has 4 heteroatoms. The highest BCUT2D eigenvalue weighted by atomic mass is 16.6. The van der Waals surface area contributed by atoms with Crippen LogP contribution in [0.15, 0.2) is 48.5 Å². The van der Waals surface area contributed by atoms with Crippen LogP contribution in [0.1, 0.15) is 50.2 Å². The molecule has 1 spiro atoms. The molecule has 4 rings (SSSR count). The summed E-state index contributed by atoms with van der Waals surface area (Å²) in [6, 6.07) is 17.2. The molecule has 28 heavy (non-hydrogen) atoms. The van der Waals surface area contributed by atoms with Crippen LogP contribution in [-0.4, -0.2) is 29.7 Å². The van der Waals surface area contributed by atoms with Crippen molar-refractivity contribution in [1.82, 2.24) is 10.2 Å². The molecule has 1 N–H and O–H groups in total. The van der Waals surface area contributed by atoms with Crippen molar-refractivity contribution < 1.29 is 9.53 Å². The van der Waals surface area contributed by atoms with E-state index in [4.69, 9.17) is 4.74 Å². The summed E-state index contributed by atoms with van der Waals surface area (Å²) in [5.74, 6) is 0. The monoisotopic (exact) mass is 378 g/mol. The first kappa shape index (κ1) is 19.0. The number of carbonyl (C=O) groups is 1. The van der Waals surface area contributed by atoms with E-state index in [0.29, 0.717) is 6.54 Å². The van der Waals surface area contributed by atoms with Gasteiger partial charge in [-0.25, -0.2) is 4.79 Å². The standard InChI is InChI=1S/C24H30N2O2/c1-2-25-16-19-6-10-21(11-7-19)22-12-8-20(9-13-22)17-26-18-24(28-23(26)27)14-4-3-5-15-24/h6-13,25H,2-5,14-18H2,1H3. The van der Waals surface area contributed by atoms with Gasteiger partial charge in [-0.3, -0.25) is 4.90 Å². The number of rotatable bonds is 6. The molecule has 0 bridgehead atoms. The van der Waals surface area contributed by atoms with Crippen molar-refractivity contribution in [3.8, 4) is 11.1 Å². The number of hydrogen-bond acceptors (Lipinski definition) is 3. The predicted octanol–water partition coefficient (Wildman–Crippen LogP) is 5.12. The summed E-state index contributed by atoms with van der Waals surface area (Å²) >= 11 is 0. The van der Waals surface area contributed by atoms with E-state index in [1.54, 1.807) is 0 Å². The predicted molar refractivity (Wildman–Crippen MR) is 112 cm³/mol. The van der Waals surface area contributed by atoms with E-state index in [9.17, 15) is 4.79 Å². The van der Waals surface area contributed by atoms with Crippen molar-refractivity contribution in [2.45, 2.75) is 57.7 Å². The minimum atomic E-state index is -0.219. The van der Waals surface area contributed by atoms with E-state index in [-0.39, 0.29) is 11.7 Å². The molecule has 2 aliphatic rings. The van der Waals surface area contributed by atoms with Crippen LogP contribution in [0.3, 0.4) is 0 Å². The van der Waals surface area contributed by atoms with Gasteiger partial charge in [0.25, 0.3) is 0 Å². The van der Waals surface area contributed by atoms with E-state index < -0.39 is 0 Å². The van der Waals surface area contributed by atoms with Gasteiger partial charge in [0.2, 0.25) is 0 Å². The summed E-state index contributed by atoms with van der Waals surface area (Å²) in [4.78, 5) is 14.2. The van der Waals surface area contributed by atoms with E-state index in [1.807, 2.05) is 4.90 Å². The Balaban J connectivity index is 1.39. The Bertz CT molecular complexity index is 792. The van der Waals surface area contributed by atoms with Crippen molar-refractivity contribution in [1.29, 1.82) is 0 Å². The van der Waals surface area contributed by atoms with Gasteiger partial charge in [-0.05, 0) is 54.5 Å². The van der Waals surface area contributed by atoms with Gasteiger partial charge >= 0.3 is 6.09 Å². The minimum absolute atomic E-state index is 0.151. The molecule has 2 aromatic carbocycles. The average molecular weight is 379 g/mol. The lowest BCUT2D eigenvalue weighted by atomic mass is 9.85. The molecule has 2 aromatic rings.